The van der Waals surface area contributed by atoms with E-state index in [0.717, 1.165) is 12.8 Å². The second kappa shape index (κ2) is 7.36. The van der Waals surface area contributed by atoms with Gasteiger partial charge in [0.1, 0.15) is 0 Å². The fourth-order valence-corrected chi connectivity index (χ4v) is 3.95. The van der Waals surface area contributed by atoms with Crippen LogP contribution in [0.2, 0.25) is 0 Å². The van der Waals surface area contributed by atoms with Crippen LogP contribution < -0.4 is 0 Å². The first-order valence-electron chi connectivity index (χ1n) is 6.31. The van der Waals surface area contributed by atoms with Gasteiger partial charge in [-0.3, -0.25) is 0 Å². The summed E-state index contributed by atoms with van der Waals surface area (Å²) in [5, 5.41) is 9.21. The molecule has 4 nitrogen and oxygen atoms in total. The van der Waals surface area contributed by atoms with Gasteiger partial charge in [0, 0.05) is 18.1 Å². The zero-order valence-corrected chi connectivity index (χ0v) is 14.2. The number of benzene rings is 1. The predicted molar refractivity (Wildman–Crippen MR) is 84.0 cm³/mol. The second-order valence-electron chi connectivity index (χ2n) is 4.62. The summed E-state index contributed by atoms with van der Waals surface area (Å²) in [6.45, 7) is 5.62. The van der Waals surface area contributed by atoms with Gasteiger partial charge in [0.05, 0.1) is 11.5 Å². The van der Waals surface area contributed by atoms with Gasteiger partial charge in [-0.25, -0.2) is 12.7 Å². The molecule has 0 saturated carbocycles. The van der Waals surface area contributed by atoms with Gasteiger partial charge in [-0.05, 0) is 43.0 Å². The van der Waals surface area contributed by atoms with Crippen molar-refractivity contribution < 1.29 is 13.5 Å². The van der Waals surface area contributed by atoms with Crippen LogP contribution in [0, 0.1) is 6.92 Å². The lowest BCUT2D eigenvalue weighted by atomic mass is 10.2. The molecule has 0 radical (unpaired) electrons. The average Bonchev–Trinajstić information content (AvgIpc) is 2.41. The van der Waals surface area contributed by atoms with Crippen molar-refractivity contribution in [3.63, 3.8) is 0 Å². The van der Waals surface area contributed by atoms with Crippen LogP contribution in [-0.4, -0.2) is 31.4 Å². The van der Waals surface area contributed by atoms with Gasteiger partial charge in [0.25, 0.3) is 0 Å². The highest BCUT2D eigenvalue weighted by molar-refractivity contribution is 9.10. The van der Waals surface area contributed by atoms with E-state index >= 15 is 0 Å². The molecule has 0 aliphatic rings. The third-order valence-electron chi connectivity index (χ3n) is 3.11. The van der Waals surface area contributed by atoms with Gasteiger partial charge in [-0.2, -0.15) is 0 Å². The molecule has 0 spiro atoms. The van der Waals surface area contributed by atoms with E-state index in [9.17, 15) is 13.5 Å². The maximum absolute atomic E-state index is 12.6. The molecule has 0 fully saturated rings. The van der Waals surface area contributed by atoms with E-state index in [1.54, 1.807) is 26.1 Å². The van der Waals surface area contributed by atoms with Crippen LogP contribution in [0.15, 0.2) is 34.2 Å². The molecule has 0 aliphatic heterocycles. The van der Waals surface area contributed by atoms with Crippen molar-refractivity contribution in [1.29, 1.82) is 0 Å². The van der Waals surface area contributed by atoms with Crippen molar-refractivity contribution in [2.45, 2.75) is 31.3 Å². The Morgan fingerprint density at radius 1 is 1.45 bits per heavy atom. The molecular weight excluding hydrogens is 342 g/mol. The van der Waals surface area contributed by atoms with Gasteiger partial charge in [-0.15, -0.1) is 6.58 Å². The SMILES string of the molecule is C=CCCCN(C)S(=O)(=O)c1cc(CO)cc(Br)c1C. The molecule has 1 aromatic rings. The van der Waals surface area contributed by atoms with Crippen molar-refractivity contribution in [1.82, 2.24) is 4.31 Å². The van der Waals surface area contributed by atoms with E-state index < -0.39 is 10.0 Å². The molecule has 0 unspecified atom stereocenters. The Morgan fingerprint density at radius 3 is 2.65 bits per heavy atom. The summed E-state index contributed by atoms with van der Waals surface area (Å²) in [7, 11) is -1.98. The number of nitrogens with zero attached hydrogens (tertiary/aromatic N) is 1. The van der Waals surface area contributed by atoms with Crippen LogP contribution >= 0.6 is 15.9 Å². The van der Waals surface area contributed by atoms with E-state index in [4.69, 9.17) is 0 Å². The van der Waals surface area contributed by atoms with Crippen LogP contribution in [0.1, 0.15) is 24.0 Å². The van der Waals surface area contributed by atoms with Crippen molar-refractivity contribution >= 4 is 26.0 Å². The molecule has 6 heteroatoms. The van der Waals surface area contributed by atoms with Crippen LogP contribution in [0.4, 0.5) is 0 Å². The standard InChI is InChI=1S/C14H20BrNO3S/c1-4-5-6-7-16(3)20(18,19)14-9-12(10-17)8-13(15)11(14)2/h4,8-9,17H,1,5-7,10H2,2-3H3. The van der Waals surface area contributed by atoms with Crippen LogP contribution in [0.3, 0.4) is 0 Å². The summed E-state index contributed by atoms with van der Waals surface area (Å²) in [4.78, 5) is 0.233. The molecular formula is C14H20BrNO3S. The summed E-state index contributed by atoms with van der Waals surface area (Å²) >= 11 is 3.34. The number of sulfonamides is 1. The molecule has 0 heterocycles. The molecule has 0 saturated heterocycles. The number of hydrogen-bond acceptors (Lipinski definition) is 3. The third-order valence-corrected chi connectivity index (χ3v) is 5.92. The third kappa shape index (κ3) is 3.91. The van der Waals surface area contributed by atoms with Gasteiger partial charge < -0.3 is 5.11 Å². The summed E-state index contributed by atoms with van der Waals surface area (Å²) in [6, 6.07) is 3.26. The molecule has 1 N–H and O–H groups in total. The van der Waals surface area contributed by atoms with E-state index in [0.29, 0.717) is 22.1 Å². The van der Waals surface area contributed by atoms with Crippen LogP contribution in [0.5, 0.6) is 0 Å². The maximum Gasteiger partial charge on any atom is 0.243 e. The maximum atomic E-state index is 12.6. The summed E-state index contributed by atoms with van der Waals surface area (Å²) in [6.07, 6.45) is 3.28. The molecule has 1 aromatic carbocycles. The minimum absolute atomic E-state index is 0.193. The normalized spacial score (nSPS) is 11.8. The molecule has 0 amide bonds. The Hall–Kier alpha value is -0.690. The number of hydrogen-bond donors (Lipinski definition) is 1. The fourth-order valence-electron chi connectivity index (χ4n) is 1.81. The number of aliphatic hydroxyl groups excluding tert-OH is 1. The number of allylic oxidation sites excluding steroid dienone is 1. The van der Waals surface area contributed by atoms with Crippen molar-refractivity contribution in [3.8, 4) is 0 Å². The topological polar surface area (TPSA) is 57.6 Å². The quantitative estimate of drug-likeness (QED) is 0.600. The first-order chi connectivity index (χ1) is 9.34. The first kappa shape index (κ1) is 17.4. The Kier molecular flexibility index (Phi) is 6.39. The minimum Gasteiger partial charge on any atom is -0.392 e. The highest BCUT2D eigenvalue weighted by Crippen LogP contribution is 2.27. The van der Waals surface area contributed by atoms with E-state index in [-0.39, 0.29) is 11.5 Å². The Balaban J connectivity index is 3.14. The lowest BCUT2D eigenvalue weighted by Crippen LogP contribution is -2.28. The average molecular weight is 362 g/mol. The number of aliphatic hydroxyl groups is 1. The van der Waals surface area contributed by atoms with E-state index in [1.807, 2.05) is 0 Å². The van der Waals surface area contributed by atoms with Crippen LogP contribution in [-0.2, 0) is 16.6 Å². The predicted octanol–water partition coefficient (Wildman–Crippen LogP) is 2.84. The summed E-state index contributed by atoms with van der Waals surface area (Å²) in [5.74, 6) is 0. The number of unbranched alkanes of at least 4 members (excludes halogenated alkanes) is 1. The lowest BCUT2D eigenvalue weighted by molar-refractivity contribution is 0.281. The van der Waals surface area contributed by atoms with Crippen molar-refractivity contribution in [2.24, 2.45) is 0 Å². The Bertz CT molecular complexity index is 584. The van der Waals surface area contributed by atoms with E-state index in [2.05, 4.69) is 22.5 Å². The number of rotatable bonds is 7. The van der Waals surface area contributed by atoms with Gasteiger partial charge >= 0.3 is 0 Å². The number of halogens is 1. The first-order valence-corrected chi connectivity index (χ1v) is 8.55. The second-order valence-corrected chi connectivity index (χ2v) is 7.48. The largest absolute Gasteiger partial charge is 0.392 e. The molecule has 0 bridgehead atoms. The molecule has 1 rings (SSSR count). The van der Waals surface area contributed by atoms with Gasteiger partial charge in [0.15, 0.2) is 0 Å². The Morgan fingerprint density at radius 2 is 2.10 bits per heavy atom. The van der Waals surface area contributed by atoms with Gasteiger partial charge in [-0.1, -0.05) is 22.0 Å². The highest BCUT2D eigenvalue weighted by Gasteiger charge is 2.24. The van der Waals surface area contributed by atoms with Crippen molar-refractivity contribution in [2.75, 3.05) is 13.6 Å². The van der Waals surface area contributed by atoms with E-state index in [1.165, 1.54) is 10.4 Å². The monoisotopic (exact) mass is 361 g/mol. The fraction of sp³-hybridized carbons (Fsp3) is 0.429. The highest BCUT2D eigenvalue weighted by atomic mass is 79.9. The minimum atomic E-state index is -3.55. The molecule has 0 aromatic heterocycles. The van der Waals surface area contributed by atoms with Crippen molar-refractivity contribution in [3.05, 3.63) is 40.4 Å². The zero-order chi connectivity index (χ0) is 15.3. The summed E-state index contributed by atoms with van der Waals surface area (Å²) in [5.41, 5.74) is 1.22. The molecule has 0 aliphatic carbocycles. The van der Waals surface area contributed by atoms with Crippen LogP contribution in [0.25, 0.3) is 0 Å². The molecule has 112 valence electrons. The molecule has 0 atom stereocenters. The zero-order valence-electron chi connectivity index (χ0n) is 11.8. The smallest absolute Gasteiger partial charge is 0.243 e. The lowest BCUT2D eigenvalue weighted by Gasteiger charge is -2.19. The summed E-state index contributed by atoms with van der Waals surface area (Å²) < 4.78 is 27.2. The molecule has 20 heavy (non-hydrogen) atoms. The Labute approximate surface area is 129 Å². The van der Waals surface area contributed by atoms with Gasteiger partial charge in [0.2, 0.25) is 10.0 Å².